The first-order chi connectivity index (χ1) is 10.3. The summed E-state index contributed by atoms with van der Waals surface area (Å²) >= 11 is 1.72. The molecule has 5 heteroatoms. The smallest absolute Gasteiger partial charge is 0.138 e. The first-order valence-corrected chi connectivity index (χ1v) is 7.97. The van der Waals surface area contributed by atoms with Gasteiger partial charge in [0.25, 0.3) is 0 Å². The average Bonchev–Trinajstić information content (AvgIpc) is 2.88. The van der Waals surface area contributed by atoms with Gasteiger partial charge in [-0.3, -0.25) is 4.98 Å². The topological polar surface area (TPSA) is 50.7 Å². The molecular formula is C16H18N4S. The lowest BCUT2D eigenvalue weighted by Gasteiger charge is -2.08. The number of hydrogen-bond acceptors (Lipinski definition) is 5. The van der Waals surface area contributed by atoms with Gasteiger partial charge in [0.15, 0.2) is 0 Å². The van der Waals surface area contributed by atoms with Crippen LogP contribution in [0.1, 0.15) is 23.2 Å². The summed E-state index contributed by atoms with van der Waals surface area (Å²) in [5.41, 5.74) is 1.23. The van der Waals surface area contributed by atoms with Crippen molar-refractivity contribution in [2.45, 2.75) is 26.7 Å². The molecule has 3 aromatic heterocycles. The highest BCUT2D eigenvalue weighted by Gasteiger charge is 2.09. The van der Waals surface area contributed by atoms with Crippen LogP contribution in [0.3, 0.4) is 0 Å². The monoisotopic (exact) mass is 298 g/mol. The van der Waals surface area contributed by atoms with E-state index in [4.69, 9.17) is 0 Å². The number of nitrogens with one attached hydrogen (secondary N) is 1. The Morgan fingerprint density at radius 3 is 2.95 bits per heavy atom. The summed E-state index contributed by atoms with van der Waals surface area (Å²) in [6.07, 6.45) is 5.49. The Kier molecular flexibility index (Phi) is 4.10. The van der Waals surface area contributed by atoms with Crippen LogP contribution in [0, 0.1) is 6.92 Å². The number of nitrogens with zero attached hydrogens (tertiary/aromatic N) is 3. The summed E-state index contributed by atoms with van der Waals surface area (Å²) in [5, 5.41) is 4.58. The summed E-state index contributed by atoms with van der Waals surface area (Å²) in [7, 11) is 0. The summed E-state index contributed by atoms with van der Waals surface area (Å²) in [6.45, 7) is 5.04. The van der Waals surface area contributed by atoms with E-state index < -0.39 is 0 Å². The van der Waals surface area contributed by atoms with Crippen molar-refractivity contribution < 1.29 is 0 Å². The number of aromatic nitrogens is 3. The maximum Gasteiger partial charge on any atom is 0.138 e. The predicted octanol–water partition coefficient (Wildman–Crippen LogP) is 3.61. The van der Waals surface area contributed by atoms with Crippen molar-refractivity contribution in [3.8, 4) is 0 Å². The van der Waals surface area contributed by atoms with Gasteiger partial charge in [-0.05, 0) is 31.0 Å². The molecule has 0 aromatic carbocycles. The fraction of sp³-hybridized carbons (Fsp3) is 0.312. The summed E-state index contributed by atoms with van der Waals surface area (Å²) in [4.78, 5) is 15.7. The van der Waals surface area contributed by atoms with Crippen molar-refractivity contribution >= 4 is 27.4 Å². The minimum atomic E-state index is 0.843. The third-order valence-corrected chi connectivity index (χ3v) is 4.25. The molecule has 0 aliphatic heterocycles. The molecule has 0 saturated carbocycles. The Morgan fingerprint density at radius 2 is 2.19 bits per heavy atom. The quantitative estimate of drug-likeness (QED) is 0.781. The number of anilines is 1. The number of fused-ring (bicyclic) bond motifs is 1. The van der Waals surface area contributed by atoms with Crippen LogP contribution in [0.4, 0.5) is 5.82 Å². The molecule has 3 aromatic rings. The normalized spacial score (nSPS) is 11.0. The molecule has 0 atom stereocenters. The van der Waals surface area contributed by atoms with Crippen molar-refractivity contribution in [1.82, 2.24) is 15.0 Å². The van der Waals surface area contributed by atoms with Gasteiger partial charge in [-0.1, -0.05) is 13.0 Å². The average molecular weight is 298 g/mol. The highest BCUT2D eigenvalue weighted by atomic mass is 32.1. The maximum absolute atomic E-state index is 4.63. The van der Waals surface area contributed by atoms with Gasteiger partial charge in [0.1, 0.15) is 16.5 Å². The van der Waals surface area contributed by atoms with Crippen LogP contribution in [0.5, 0.6) is 0 Å². The Labute approximate surface area is 128 Å². The lowest BCUT2D eigenvalue weighted by molar-refractivity contribution is 0.944. The molecule has 21 heavy (non-hydrogen) atoms. The number of pyridine rings is 1. The molecular weight excluding hydrogens is 280 g/mol. The molecule has 0 radical (unpaired) electrons. The fourth-order valence-electron chi connectivity index (χ4n) is 2.25. The second-order valence-electron chi connectivity index (χ2n) is 4.96. The van der Waals surface area contributed by atoms with E-state index in [1.165, 1.54) is 10.4 Å². The van der Waals surface area contributed by atoms with Gasteiger partial charge in [0.05, 0.1) is 5.39 Å². The zero-order chi connectivity index (χ0) is 14.7. The highest BCUT2D eigenvalue weighted by molar-refractivity contribution is 7.18. The SMILES string of the molecule is CCc1nc(NCCc2cccnc2)c2cc(C)sc2n1. The Bertz CT molecular complexity index is 737. The van der Waals surface area contributed by atoms with Crippen molar-refractivity contribution in [3.05, 3.63) is 46.9 Å². The van der Waals surface area contributed by atoms with Crippen LogP contribution in [-0.2, 0) is 12.8 Å². The van der Waals surface area contributed by atoms with Crippen molar-refractivity contribution in [2.24, 2.45) is 0 Å². The van der Waals surface area contributed by atoms with E-state index in [2.05, 4.69) is 46.2 Å². The number of aryl methyl sites for hydroxylation is 2. The molecule has 0 fully saturated rings. The molecule has 0 aliphatic rings. The van der Waals surface area contributed by atoms with Gasteiger partial charge in [-0.2, -0.15) is 0 Å². The van der Waals surface area contributed by atoms with Gasteiger partial charge < -0.3 is 5.32 Å². The third kappa shape index (κ3) is 3.19. The van der Waals surface area contributed by atoms with Gasteiger partial charge in [-0.25, -0.2) is 9.97 Å². The van der Waals surface area contributed by atoms with Gasteiger partial charge in [0.2, 0.25) is 0 Å². The molecule has 0 saturated heterocycles. The molecule has 0 unspecified atom stereocenters. The van der Waals surface area contributed by atoms with Crippen LogP contribution in [0.2, 0.25) is 0 Å². The fourth-order valence-corrected chi connectivity index (χ4v) is 3.15. The molecule has 0 aliphatic carbocycles. The van der Waals surface area contributed by atoms with E-state index in [0.29, 0.717) is 0 Å². The van der Waals surface area contributed by atoms with Crippen LogP contribution in [0.15, 0.2) is 30.6 Å². The van der Waals surface area contributed by atoms with Crippen molar-refractivity contribution in [2.75, 3.05) is 11.9 Å². The zero-order valence-corrected chi connectivity index (χ0v) is 13.1. The van der Waals surface area contributed by atoms with Crippen LogP contribution in [0.25, 0.3) is 10.2 Å². The minimum absolute atomic E-state index is 0.843. The third-order valence-electron chi connectivity index (χ3n) is 3.31. The van der Waals surface area contributed by atoms with E-state index in [0.717, 1.165) is 41.2 Å². The first kappa shape index (κ1) is 13.9. The van der Waals surface area contributed by atoms with E-state index >= 15 is 0 Å². The predicted molar refractivity (Wildman–Crippen MR) is 88.0 cm³/mol. The maximum atomic E-state index is 4.63. The molecule has 4 nitrogen and oxygen atoms in total. The van der Waals surface area contributed by atoms with E-state index in [-0.39, 0.29) is 0 Å². The molecule has 1 N–H and O–H groups in total. The van der Waals surface area contributed by atoms with Gasteiger partial charge in [0, 0.05) is 30.2 Å². The van der Waals surface area contributed by atoms with Crippen molar-refractivity contribution in [3.63, 3.8) is 0 Å². The lowest BCUT2D eigenvalue weighted by Crippen LogP contribution is -2.08. The largest absolute Gasteiger partial charge is 0.369 e. The standard InChI is InChI=1S/C16H18N4S/c1-3-14-19-15(13-9-11(2)21-16(13)20-14)18-8-6-12-5-4-7-17-10-12/h4-5,7,9-10H,3,6,8H2,1-2H3,(H,18,19,20). The molecule has 0 spiro atoms. The van der Waals surface area contributed by atoms with Gasteiger partial charge in [-0.15, -0.1) is 11.3 Å². The molecule has 3 heterocycles. The van der Waals surface area contributed by atoms with Gasteiger partial charge >= 0.3 is 0 Å². The second-order valence-corrected chi connectivity index (χ2v) is 6.19. The summed E-state index contributed by atoms with van der Waals surface area (Å²) in [6, 6.07) is 6.22. The lowest BCUT2D eigenvalue weighted by atomic mass is 10.2. The van der Waals surface area contributed by atoms with Crippen LogP contribution >= 0.6 is 11.3 Å². The Hall–Kier alpha value is -2.01. The zero-order valence-electron chi connectivity index (χ0n) is 12.3. The van der Waals surface area contributed by atoms with Crippen LogP contribution < -0.4 is 5.32 Å². The first-order valence-electron chi connectivity index (χ1n) is 7.16. The Morgan fingerprint density at radius 1 is 1.29 bits per heavy atom. The molecule has 108 valence electrons. The van der Waals surface area contributed by atoms with E-state index in [9.17, 15) is 0 Å². The molecule has 0 amide bonds. The van der Waals surface area contributed by atoms with Crippen molar-refractivity contribution in [1.29, 1.82) is 0 Å². The summed E-state index contributed by atoms with van der Waals surface area (Å²) < 4.78 is 0. The summed E-state index contributed by atoms with van der Waals surface area (Å²) in [5.74, 6) is 1.85. The minimum Gasteiger partial charge on any atom is -0.369 e. The molecule has 3 rings (SSSR count). The van der Waals surface area contributed by atoms with E-state index in [1.54, 1.807) is 17.5 Å². The van der Waals surface area contributed by atoms with Crippen LogP contribution in [-0.4, -0.2) is 21.5 Å². The second kappa shape index (κ2) is 6.18. The molecule has 0 bridgehead atoms. The number of thiophene rings is 1. The number of rotatable bonds is 5. The highest BCUT2D eigenvalue weighted by Crippen LogP contribution is 2.28. The Balaban J connectivity index is 1.79. The number of hydrogen-bond donors (Lipinski definition) is 1. The van der Waals surface area contributed by atoms with E-state index in [1.807, 2.05) is 12.3 Å².